The number of unbranched alkanes of at least 4 members (excludes halogenated alkanes) is 1. The van der Waals surface area contributed by atoms with Crippen molar-refractivity contribution >= 4 is 11.8 Å². The molecule has 9 unspecified atom stereocenters. The van der Waals surface area contributed by atoms with Gasteiger partial charge in [-0.25, -0.2) is 0 Å². The van der Waals surface area contributed by atoms with Crippen LogP contribution in [-0.2, 0) is 19.1 Å². The monoisotopic (exact) mass is 669 g/mol. The second kappa shape index (κ2) is 21.7. The number of rotatable bonds is 26. The van der Waals surface area contributed by atoms with E-state index in [1.807, 2.05) is 33.8 Å². The molecule has 0 spiro atoms. The lowest BCUT2D eigenvalue weighted by Crippen LogP contribution is -2.44. The summed E-state index contributed by atoms with van der Waals surface area (Å²) in [6, 6.07) is 0. The summed E-state index contributed by atoms with van der Waals surface area (Å²) in [5.41, 5.74) is -0.776. The molecule has 8 nitrogen and oxygen atoms in total. The Hall–Kier alpha value is -1.32. The Balaban J connectivity index is 2.49. The van der Waals surface area contributed by atoms with Gasteiger partial charge in [0.25, 0.3) is 0 Å². The first-order valence-corrected chi connectivity index (χ1v) is 18.7. The van der Waals surface area contributed by atoms with Gasteiger partial charge in [-0.3, -0.25) is 9.59 Å². The Bertz CT molecular complexity index is 919. The van der Waals surface area contributed by atoms with Gasteiger partial charge in [-0.15, -0.1) is 0 Å². The second-order valence-electron chi connectivity index (χ2n) is 15.7. The van der Waals surface area contributed by atoms with Crippen molar-refractivity contribution in [3.8, 4) is 0 Å². The van der Waals surface area contributed by atoms with E-state index in [0.29, 0.717) is 31.1 Å². The molecule has 0 aromatic heterocycles. The van der Waals surface area contributed by atoms with E-state index in [-0.39, 0.29) is 48.1 Å². The molecule has 0 amide bonds. The Morgan fingerprint density at radius 3 is 2.17 bits per heavy atom. The van der Waals surface area contributed by atoms with Crippen LogP contribution in [0.15, 0.2) is 12.2 Å². The number of carboxylic acids is 1. The van der Waals surface area contributed by atoms with Gasteiger partial charge in [-0.05, 0) is 95.5 Å². The first-order valence-electron chi connectivity index (χ1n) is 18.7. The van der Waals surface area contributed by atoms with Gasteiger partial charge in [0.15, 0.2) is 5.79 Å². The minimum absolute atomic E-state index is 0.0315. The molecule has 0 aliphatic carbocycles. The summed E-state index contributed by atoms with van der Waals surface area (Å²) in [4.78, 5) is 23.9. The molecule has 0 fully saturated rings. The maximum Gasteiger partial charge on any atom is 0.305 e. The highest BCUT2D eigenvalue weighted by Gasteiger charge is 2.38. The number of methoxy groups -OCH3 is 1. The average Bonchev–Trinajstić information content (AvgIpc) is 2.99. The summed E-state index contributed by atoms with van der Waals surface area (Å²) in [6.07, 6.45) is 14.1. The molecule has 0 bridgehead atoms. The predicted molar refractivity (Wildman–Crippen MR) is 189 cm³/mol. The predicted octanol–water partition coefficient (Wildman–Crippen LogP) is 8.10. The van der Waals surface area contributed by atoms with E-state index in [0.717, 1.165) is 70.6 Å². The van der Waals surface area contributed by atoms with Crippen molar-refractivity contribution in [2.45, 2.75) is 181 Å². The van der Waals surface area contributed by atoms with Crippen LogP contribution >= 0.6 is 0 Å². The number of aliphatic carboxylic acids is 1. The van der Waals surface area contributed by atoms with Crippen molar-refractivity contribution in [2.24, 2.45) is 35.5 Å². The molecule has 8 heteroatoms. The average molecular weight is 669 g/mol. The number of hydrogen-bond acceptors (Lipinski definition) is 7. The van der Waals surface area contributed by atoms with E-state index in [2.05, 4.69) is 27.7 Å². The third-order valence-corrected chi connectivity index (χ3v) is 10.8. The van der Waals surface area contributed by atoms with Crippen molar-refractivity contribution in [2.75, 3.05) is 7.11 Å². The Morgan fingerprint density at radius 2 is 1.57 bits per heavy atom. The molecule has 11 atom stereocenters. The molecule has 1 rings (SSSR count). The molecular formula is C39H72O8. The van der Waals surface area contributed by atoms with Crippen LogP contribution in [0.3, 0.4) is 0 Å². The normalized spacial score (nSPS) is 24.8. The van der Waals surface area contributed by atoms with E-state index >= 15 is 0 Å². The van der Waals surface area contributed by atoms with Crippen molar-refractivity contribution in [3.63, 3.8) is 0 Å². The van der Waals surface area contributed by atoms with E-state index < -0.39 is 23.5 Å². The molecule has 0 aromatic carbocycles. The lowest BCUT2D eigenvalue weighted by atomic mass is 9.80. The Labute approximate surface area is 287 Å². The number of hydrogen-bond donors (Lipinski definition) is 4. The van der Waals surface area contributed by atoms with E-state index in [9.17, 15) is 24.9 Å². The van der Waals surface area contributed by atoms with Gasteiger partial charge in [0.05, 0.1) is 30.3 Å². The third kappa shape index (κ3) is 17.3. The molecular weight excluding hydrogens is 596 g/mol. The summed E-state index contributed by atoms with van der Waals surface area (Å²) in [5, 5.41) is 41.1. The topological polar surface area (TPSA) is 134 Å². The smallest absolute Gasteiger partial charge is 0.305 e. The maximum absolute atomic E-state index is 13.2. The summed E-state index contributed by atoms with van der Waals surface area (Å²) in [6.45, 7) is 16.6. The molecule has 1 aliphatic rings. The summed E-state index contributed by atoms with van der Waals surface area (Å²) in [5.74, 6) is -1.16. The number of Topliss-reactive ketones (excluding diaryl/α,β-unsaturated/α-hetero) is 1. The zero-order chi connectivity index (χ0) is 35.8. The van der Waals surface area contributed by atoms with Gasteiger partial charge in [0, 0.05) is 24.9 Å². The third-order valence-electron chi connectivity index (χ3n) is 10.8. The van der Waals surface area contributed by atoms with Crippen LogP contribution < -0.4 is 0 Å². The second-order valence-corrected chi connectivity index (χ2v) is 15.7. The molecule has 0 radical (unpaired) electrons. The summed E-state index contributed by atoms with van der Waals surface area (Å²) < 4.78 is 11.8. The molecule has 0 aromatic rings. The largest absolute Gasteiger partial charge is 0.481 e. The highest BCUT2D eigenvalue weighted by molar-refractivity contribution is 5.82. The number of carbonyl (C=O) groups excluding carboxylic acids is 1. The fraction of sp³-hybridized carbons (Fsp3) is 0.897. The van der Waals surface area contributed by atoms with Crippen molar-refractivity contribution < 1.29 is 39.5 Å². The SMILES string of the molecule is CCC(CCC[C@@](C)(O)CCC1CC=CC(O)(C(C)CC(C)CC(C)C(=O)C(C)C[C@H](C)CCCCC(O)CC(=O)O)O1)C(C)OC. The zero-order valence-electron chi connectivity index (χ0n) is 31.4. The minimum atomic E-state index is -1.35. The molecule has 276 valence electrons. The summed E-state index contributed by atoms with van der Waals surface area (Å²) in [7, 11) is 1.76. The highest BCUT2D eigenvalue weighted by Crippen LogP contribution is 2.36. The Morgan fingerprint density at radius 1 is 0.957 bits per heavy atom. The van der Waals surface area contributed by atoms with Crippen LogP contribution in [0.5, 0.6) is 0 Å². The van der Waals surface area contributed by atoms with Crippen molar-refractivity contribution in [1.29, 1.82) is 0 Å². The fourth-order valence-corrected chi connectivity index (χ4v) is 7.59. The van der Waals surface area contributed by atoms with Crippen molar-refractivity contribution in [3.05, 3.63) is 12.2 Å². The summed E-state index contributed by atoms with van der Waals surface area (Å²) >= 11 is 0. The van der Waals surface area contributed by atoms with Gasteiger partial charge in [-0.2, -0.15) is 0 Å². The number of carboxylic acid groups (broad SMARTS) is 1. The number of ether oxygens (including phenoxy) is 2. The first kappa shape index (κ1) is 43.7. The van der Waals surface area contributed by atoms with E-state index in [1.165, 1.54) is 0 Å². The molecule has 47 heavy (non-hydrogen) atoms. The van der Waals surface area contributed by atoms with Gasteiger partial charge >= 0.3 is 5.97 Å². The highest BCUT2D eigenvalue weighted by atomic mass is 16.6. The van der Waals surface area contributed by atoms with Crippen LogP contribution in [0.25, 0.3) is 0 Å². The quantitative estimate of drug-likeness (QED) is 0.0537. The number of aliphatic hydroxyl groups excluding tert-OH is 1. The van der Waals surface area contributed by atoms with E-state index in [4.69, 9.17) is 14.6 Å². The zero-order valence-corrected chi connectivity index (χ0v) is 31.4. The molecule has 1 aliphatic heterocycles. The lowest BCUT2D eigenvalue weighted by molar-refractivity contribution is -0.235. The fourth-order valence-electron chi connectivity index (χ4n) is 7.59. The Kier molecular flexibility index (Phi) is 20.2. The molecule has 1 heterocycles. The van der Waals surface area contributed by atoms with E-state index in [1.54, 1.807) is 13.2 Å². The van der Waals surface area contributed by atoms with Crippen LogP contribution in [0, 0.1) is 35.5 Å². The number of ketones is 1. The van der Waals surface area contributed by atoms with Gasteiger partial charge in [0.1, 0.15) is 5.78 Å². The van der Waals surface area contributed by atoms with Gasteiger partial charge in [-0.1, -0.05) is 79.7 Å². The first-order chi connectivity index (χ1) is 21.9. The standard InChI is InChI=1S/C39H72O8/c1-10-33(32(7)46-9)16-13-20-38(8,44)22-19-35-18-14-21-39(45,47-35)31(6)25-28(3)24-30(5)37(43)29(4)23-27(2)15-11-12-17-34(40)26-36(41)42/h14,21,27-35,40,44-45H,10-13,15-20,22-26H2,1-9H3,(H,41,42)/t27-,28?,29?,30?,31?,32?,33?,34?,35?,38-,39?/m1/s1. The number of carbonyl (C=O) groups is 2. The maximum atomic E-state index is 13.2. The lowest BCUT2D eigenvalue weighted by Gasteiger charge is -2.39. The van der Waals surface area contributed by atoms with Crippen LogP contribution in [0.1, 0.15) is 152 Å². The van der Waals surface area contributed by atoms with Gasteiger partial charge < -0.3 is 29.9 Å². The number of aliphatic hydroxyl groups is 3. The van der Waals surface area contributed by atoms with Crippen molar-refractivity contribution in [1.82, 2.24) is 0 Å². The van der Waals surface area contributed by atoms with Gasteiger partial charge in [0.2, 0.25) is 0 Å². The molecule has 0 saturated carbocycles. The van der Waals surface area contributed by atoms with Crippen LogP contribution in [0.4, 0.5) is 0 Å². The molecule has 0 saturated heterocycles. The van der Waals surface area contributed by atoms with Crippen LogP contribution in [-0.4, -0.2) is 69.0 Å². The van der Waals surface area contributed by atoms with Crippen LogP contribution in [0.2, 0.25) is 0 Å². The minimum Gasteiger partial charge on any atom is -0.481 e. The molecule has 4 N–H and O–H groups in total.